The van der Waals surface area contributed by atoms with Crippen LogP contribution in [0, 0.1) is 0 Å². The number of amides is 4. The molecular weight excluding hydrogens is 432 g/mol. The molecule has 1 aliphatic rings. The normalized spacial score (nSPS) is 15.6. The Morgan fingerprint density at radius 3 is 2.09 bits per heavy atom. The molecule has 0 radical (unpaired) electrons. The molecule has 4 amide bonds. The van der Waals surface area contributed by atoms with Crippen LogP contribution in [0.5, 0.6) is 0 Å². The lowest BCUT2D eigenvalue weighted by Crippen LogP contribution is -2.48. The number of rotatable bonds is 8. The summed E-state index contributed by atoms with van der Waals surface area (Å²) < 4.78 is 5.27. The number of carbonyl (C=O) groups is 3. The van der Waals surface area contributed by atoms with E-state index < -0.39 is 12.0 Å². The molecule has 2 aromatic carbocycles. The van der Waals surface area contributed by atoms with Crippen LogP contribution in [0.1, 0.15) is 51.3 Å². The minimum Gasteiger partial charge on any atom is -0.463 e. The van der Waals surface area contributed by atoms with E-state index in [9.17, 15) is 14.4 Å². The van der Waals surface area contributed by atoms with Crippen molar-refractivity contribution >= 4 is 29.4 Å². The molecule has 8 nitrogen and oxygen atoms in total. The van der Waals surface area contributed by atoms with Gasteiger partial charge in [-0.1, -0.05) is 38.1 Å². The predicted molar refractivity (Wildman–Crippen MR) is 133 cm³/mol. The highest BCUT2D eigenvalue weighted by Gasteiger charge is 2.36. The predicted octanol–water partition coefficient (Wildman–Crippen LogP) is 5.21. The number of hydrogen-bond donors (Lipinski definition) is 3. The van der Waals surface area contributed by atoms with Crippen LogP contribution < -0.4 is 16.0 Å². The lowest BCUT2D eigenvalue weighted by atomic mass is 9.94. The zero-order valence-electron chi connectivity index (χ0n) is 20.1. The van der Waals surface area contributed by atoms with E-state index in [1.54, 1.807) is 43.0 Å². The van der Waals surface area contributed by atoms with Crippen molar-refractivity contribution in [2.45, 2.75) is 46.6 Å². The van der Waals surface area contributed by atoms with E-state index in [1.165, 1.54) is 5.56 Å². The summed E-state index contributed by atoms with van der Waals surface area (Å²) in [5, 5.41) is 8.52. The van der Waals surface area contributed by atoms with Crippen molar-refractivity contribution in [3.8, 4) is 0 Å². The molecule has 34 heavy (non-hydrogen) atoms. The Kier molecular flexibility index (Phi) is 8.29. The number of esters is 1. The van der Waals surface area contributed by atoms with Crippen molar-refractivity contribution in [2.75, 3.05) is 23.8 Å². The molecule has 0 saturated heterocycles. The van der Waals surface area contributed by atoms with Crippen LogP contribution >= 0.6 is 0 Å². The zero-order chi connectivity index (χ0) is 24.7. The van der Waals surface area contributed by atoms with E-state index in [0.29, 0.717) is 34.8 Å². The maximum absolute atomic E-state index is 12.8. The second-order valence-corrected chi connectivity index (χ2v) is 8.01. The van der Waals surface area contributed by atoms with Crippen LogP contribution in [0.15, 0.2) is 59.8 Å². The Bertz CT molecular complexity index is 1060. The smallest absolute Gasteiger partial charge is 0.338 e. The van der Waals surface area contributed by atoms with Crippen LogP contribution in [-0.4, -0.2) is 36.1 Å². The minimum absolute atomic E-state index is 0.239. The first kappa shape index (κ1) is 24.8. The quantitative estimate of drug-likeness (QED) is 0.467. The van der Waals surface area contributed by atoms with Crippen molar-refractivity contribution in [3.05, 3.63) is 70.9 Å². The number of hydrogen-bond acceptors (Lipinski definition) is 4. The fraction of sp³-hybridized carbons (Fsp3) is 0.346. The van der Waals surface area contributed by atoms with Gasteiger partial charge in [0.15, 0.2) is 0 Å². The highest BCUT2D eigenvalue weighted by atomic mass is 16.5. The van der Waals surface area contributed by atoms with Gasteiger partial charge in [-0.05, 0) is 62.1 Å². The molecule has 1 atom stereocenters. The van der Waals surface area contributed by atoms with Crippen molar-refractivity contribution in [3.63, 3.8) is 0 Å². The van der Waals surface area contributed by atoms with Gasteiger partial charge >= 0.3 is 18.0 Å². The zero-order valence-corrected chi connectivity index (χ0v) is 20.1. The van der Waals surface area contributed by atoms with E-state index in [4.69, 9.17) is 4.74 Å². The van der Waals surface area contributed by atoms with Gasteiger partial charge in [0.1, 0.15) is 0 Å². The Morgan fingerprint density at radius 2 is 1.56 bits per heavy atom. The monoisotopic (exact) mass is 464 g/mol. The number of nitrogens with one attached hydrogen (secondary N) is 3. The Balaban J connectivity index is 1.76. The lowest BCUT2D eigenvalue weighted by molar-refractivity contribution is -0.139. The molecular formula is C26H32N4O4. The number of benzene rings is 2. The summed E-state index contributed by atoms with van der Waals surface area (Å²) in [6, 6.07) is 13.4. The average Bonchev–Trinajstić information content (AvgIpc) is 2.82. The average molecular weight is 465 g/mol. The van der Waals surface area contributed by atoms with Gasteiger partial charge in [-0.15, -0.1) is 0 Å². The first-order valence-electron chi connectivity index (χ1n) is 11.6. The fourth-order valence-electron chi connectivity index (χ4n) is 3.87. The Hall–Kier alpha value is -3.81. The van der Waals surface area contributed by atoms with Gasteiger partial charge < -0.3 is 20.7 Å². The number of nitrogens with zero attached hydrogens (tertiary/aromatic N) is 1. The van der Waals surface area contributed by atoms with Gasteiger partial charge in [-0.3, -0.25) is 4.90 Å². The van der Waals surface area contributed by atoms with Gasteiger partial charge in [0.05, 0.1) is 18.2 Å². The van der Waals surface area contributed by atoms with E-state index in [0.717, 1.165) is 12.8 Å². The van der Waals surface area contributed by atoms with Crippen molar-refractivity contribution in [2.24, 2.45) is 0 Å². The number of urea groups is 2. The number of aryl methyl sites for hydroxylation is 1. The van der Waals surface area contributed by atoms with Crippen molar-refractivity contribution in [1.29, 1.82) is 0 Å². The number of allylic oxidation sites excluding steroid dienone is 1. The van der Waals surface area contributed by atoms with Gasteiger partial charge in [-0.25, -0.2) is 14.4 Å². The molecule has 1 heterocycles. The molecule has 2 aromatic rings. The molecule has 8 heteroatoms. The Morgan fingerprint density at radius 1 is 0.971 bits per heavy atom. The maximum Gasteiger partial charge on any atom is 0.338 e. The SMILES string of the molecule is CCCN1C(=O)NC(c2ccc(NC(=O)Nc3ccc(CC)cc3)cc2)C(C(=O)OCC)=C1C. The summed E-state index contributed by atoms with van der Waals surface area (Å²) in [6.07, 6.45) is 1.69. The molecule has 1 unspecified atom stereocenters. The van der Waals surface area contributed by atoms with Crippen LogP contribution in [0.25, 0.3) is 0 Å². The third-order valence-electron chi connectivity index (χ3n) is 5.66. The molecule has 3 N–H and O–H groups in total. The highest BCUT2D eigenvalue weighted by molar-refractivity contribution is 6.00. The summed E-state index contributed by atoms with van der Waals surface area (Å²) in [6.45, 7) is 8.30. The fourth-order valence-corrected chi connectivity index (χ4v) is 3.87. The molecule has 1 aliphatic heterocycles. The molecule has 0 bridgehead atoms. The summed E-state index contributed by atoms with van der Waals surface area (Å²) >= 11 is 0. The molecule has 0 aliphatic carbocycles. The standard InChI is InChI=1S/C26H32N4O4/c1-5-16-30-17(4)22(24(31)34-7-3)23(29-26(30)33)19-10-14-21(15-11-19)28-25(32)27-20-12-8-18(6-2)9-13-20/h8-15,23H,5-7,16H2,1-4H3,(H,29,33)(H2,27,28,32). The summed E-state index contributed by atoms with van der Waals surface area (Å²) in [5.74, 6) is -0.457. The van der Waals surface area contributed by atoms with Crippen molar-refractivity contribution in [1.82, 2.24) is 10.2 Å². The van der Waals surface area contributed by atoms with Crippen LogP contribution in [0.2, 0.25) is 0 Å². The van der Waals surface area contributed by atoms with Crippen LogP contribution in [0.3, 0.4) is 0 Å². The Labute approximate surface area is 200 Å². The van der Waals surface area contributed by atoms with Crippen LogP contribution in [0.4, 0.5) is 21.0 Å². The minimum atomic E-state index is -0.639. The van der Waals surface area contributed by atoms with Crippen molar-refractivity contribution < 1.29 is 19.1 Å². The van der Waals surface area contributed by atoms with Gasteiger partial charge in [-0.2, -0.15) is 0 Å². The summed E-state index contributed by atoms with van der Waals surface area (Å²) in [7, 11) is 0. The maximum atomic E-state index is 12.8. The first-order chi connectivity index (χ1) is 16.4. The summed E-state index contributed by atoms with van der Waals surface area (Å²) in [4.78, 5) is 39.4. The van der Waals surface area contributed by atoms with Crippen LogP contribution in [-0.2, 0) is 16.0 Å². The summed E-state index contributed by atoms with van der Waals surface area (Å²) in [5.41, 5.74) is 4.19. The third-order valence-corrected chi connectivity index (χ3v) is 5.66. The second kappa shape index (κ2) is 11.4. The van der Waals surface area contributed by atoms with E-state index in [-0.39, 0.29) is 18.7 Å². The number of anilines is 2. The largest absolute Gasteiger partial charge is 0.463 e. The van der Waals surface area contributed by atoms with Gasteiger partial charge in [0.25, 0.3) is 0 Å². The number of carbonyl (C=O) groups excluding carboxylic acids is 3. The first-order valence-corrected chi connectivity index (χ1v) is 11.6. The van der Waals surface area contributed by atoms with Gasteiger partial charge in [0, 0.05) is 23.6 Å². The molecule has 3 rings (SSSR count). The third kappa shape index (κ3) is 5.75. The molecule has 0 saturated carbocycles. The topological polar surface area (TPSA) is 99.8 Å². The van der Waals surface area contributed by atoms with Gasteiger partial charge in [0.2, 0.25) is 0 Å². The second-order valence-electron chi connectivity index (χ2n) is 8.01. The highest BCUT2D eigenvalue weighted by Crippen LogP contribution is 2.32. The lowest BCUT2D eigenvalue weighted by Gasteiger charge is -2.35. The molecule has 0 fully saturated rings. The van der Waals surface area contributed by atoms with E-state index in [2.05, 4.69) is 22.9 Å². The van der Waals surface area contributed by atoms with E-state index >= 15 is 0 Å². The van der Waals surface area contributed by atoms with E-state index in [1.807, 2.05) is 31.2 Å². The molecule has 0 spiro atoms. The molecule has 180 valence electrons. The molecule has 0 aromatic heterocycles. The number of ether oxygens (including phenoxy) is 1.